The molecule has 3 aromatic rings. The van der Waals surface area contributed by atoms with Gasteiger partial charge in [0, 0.05) is 50.5 Å². The molecule has 1 aliphatic heterocycles. The van der Waals surface area contributed by atoms with Crippen LogP contribution >= 0.6 is 24.0 Å². The molecule has 0 saturated carbocycles. The Morgan fingerprint density at radius 1 is 1.17 bits per heavy atom. The first-order valence-electron chi connectivity index (χ1n) is 10.4. The standard InChI is InChI=1S/C22H29N7.HI/c1-3-23-22(24-13-11-21-27-26-20-6-4-5-14-29(20)21)25-18-12-15-28(16-18)19-9-7-17(2)8-10-19;/h4-10,14,18H,3,11-13,15-16H2,1-2H3,(H2,23,24,25);1H. The van der Waals surface area contributed by atoms with Crippen LogP contribution in [-0.4, -0.2) is 52.8 Å². The zero-order valence-electron chi connectivity index (χ0n) is 17.6. The summed E-state index contributed by atoms with van der Waals surface area (Å²) >= 11 is 0. The number of benzene rings is 1. The number of rotatable bonds is 6. The van der Waals surface area contributed by atoms with Crippen molar-refractivity contribution in [2.45, 2.75) is 32.7 Å². The second-order valence-electron chi connectivity index (χ2n) is 7.47. The lowest BCUT2D eigenvalue weighted by atomic mass is 10.2. The Hall–Kier alpha value is -2.36. The van der Waals surface area contributed by atoms with Crippen molar-refractivity contribution in [1.82, 2.24) is 25.2 Å². The second-order valence-corrected chi connectivity index (χ2v) is 7.47. The summed E-state index contributed by atoms with van der Waals surface area (Å²) in [6, 6.07) is 15.1. The van der Waals surface area contributed by atoms with Gasteiger partial charge in [-0.25, -0.2) is 0 Å². The predicted molar refractivity (Wildman–Crippen MR) is 133 cm³/mol. The number of guanidine groups is 1. The molecular weight excluding hydrogens is 489 g/mol. The maximum Gasteiger partial charge on any atom is 0.191 e. The van der Waals surface area contributed by atoms with E-state index in [2.05, 4.69) is 63.8 Å². The number of aromatic nitrogens is 3. The van der Waals surface area contributed by atoms with E-state index in [1.807, 2.05) is 28.8 Å². The van der Waals surface area contributed by atoms with Gasteiger partial charge in [-0.15, -0.1) is 34.2 Å². The molecule has 1 saturated heterocycles. The molecule has 4 rings (SSSR count). The summed E-state index contributed by atoms with van der Waals surface area (Å²) < 4.78 is 2.02. The van der Waals surface area contributed by atoms with Crippen LogP contribution in [0.3, 0.4) is 0 Å². The van der Waals surface area contributed by atoms with Crippen molar-refractivity contribution in [3.05, 3.63) is 60.0 Å². The van der Waals surface area contributed by atoms with E-state index in [0.717, 1.165) is 49.9 Å². The predicted octanol–water partition coefficient (Wildman–Crippen LogP) is 3.03. The van der Waals surface area contributed by atoms with Crippen molar-refractivity contribution in [2.24, 2.45) is 4.99 Å². The number of aryl methyl sites for hydroxylation is 1. The Balaban J connectivity index is 0.00000256. The average molecular weight is 519 g/mol. The second kappa shape index (κ2) is 10.6. The number of hydrogen-bond acceptors (Lipinski definition) is 4. The first-order chi connectivity index (χ1) is 14.2. The summed E-state index contributed by atoms with van der Waals surface area (Å²) in [6.45, 7) is 7.78. The molecule has 1 atom stereocenters. The maximum absolute atomic E-state index is 4.76. The lowest BCUT2D eigenvalue weighted by Gasteiger charge is -2.20. The highest BCUT2D eigenvalue weighted by Crippen LogP contribution is 2.20. The SMILES string of the molecule is CCNC(=NCCc1nnc2ccccn12)NC1CCN(c2ccc(C)cc2)C1.I. The molecule has 0 aliphatic carbocycles. The number of pyridine rings is 1. The van der Waals surface area contributed by atoms with Crippen molar-refractivity contribution in [2.75, 3.05) is 31.1 Å². The van der Waals surface area contributed by atoms with Crippen molar-refractivity contribution in [3.8, 4) is 0 Å². The topological polar surface area (TPSA) is 69.8 Å². The minimum Gasteiger partial charge on any atom is -0.369 e. The van der Waals surface area contributed by atoms with Crippen molar-refractivity contribution >= 4 is 41.3 Å². The quantitative estimate of drug-likeness (QED) is 0.298. The van der Waals surface area contributed by atoms with Gasteiger partial charge in [-0.05, 0) is 44.5 Å². The number of nitrogens with zero attached hydrogens (tertiary/aromatic N) is 5. The summed E-state index contributed by atoms with van der Waals surface area (Å²) in [4.78, 5) is 7.20. The molecule has 1 aliphatic rings. The van der Waals surface area contributed by atoms with Crippen LogP contribution in [0.25, 0.3) is 5.65 Å². The highest BCUT2D eigenvalue weighted by molar-refractivity contribution is 14.0. The Labute approximate surface area is 195 Å². The van der Waals surface area contributed by atoms with E-state index in [-0.39, 0.29) is 24.0 Å². The zero-order valence-corrected chi connectivity index (χ0v) is 19.9. The minimum absolute atomic E-state index is 0. The van der Waals surface area contributed by atoms with Crippen LogP contribution in [0, 0.1) is 6.92 Å². The third kappa shape index (κ3) is 5.41. The molecule has 8 heteroatoms. The fourth-order valence-electron chi connectivity index (χ4n) is 3.71. The molecule has 1 fully saturated rings. The number of fused-ring (bicyclic) bond motifs is 1. The molecule has 2 N–H and O–H groups in total. The third-order valence-corrected chi connectivity index (χ3v) is 5.26. The Morgan fingerprint density at radius 2 is 2.00 bits per heavy atom. The Morgan fingerprint density at radius 3 is 2.80 bits per heavy atom. The summed E-state index contributed by atoms with van der Waals surface area (Å²) in [5.41, 5.74) is 3.46. The summed E-state index contributed by atoms with van der Waals surface area (Å²) in [5.74, 6) is 1.81. The number of nitrogens with one attached hydrogen (secondary N) is 2. The molecule has 7 nitrogen and oxygen atoms in total. The summed E-state index contributed by atoms with van der Waals surface area (Å²) in [5, 5.41) is 15.5. The molecule has 0 radical (unpaired) electrons. The van der Waals surface area contributed by atoms with Gasteiger partial charge in [-0.2, -0.15) is 0 Å². The minimum atomic E-state index is 0. The monoisotopic (exact) mass is 519 g/mol. The molecule has 0 amide bonds. The normalized spacial score (nSPS) is 16.5. The molecule has 2 aromatic heterocycles. The lowest BCUT2D eigenvalue weighted by molar-refractivity contribution is 0.648. The zero-order chi connectivity index (χ0) is 20.1. The number of aliphatic imine (C=N–C) groups is 1. The van der Waals surface area contributed by atoms with Crippen LogP contribution in [0.1, 0.15) is 24.7 Å². The molecule has 1 unspecified atom stereocenters. The van der Waals surface area contributed by atoms with Crippen LogP contribution in [0.5, 0.6) is 0 Å². The lowest BCUT2D eigenvalue weighted by Crippen LogP contribution is -2.44. The Bertz CT molecular complexity index is 967. The van der Waals surface area contributed by atoms with Crippen molar-refractivity contribution in [3.63, 3.8) is 0 Å². The molecule has 30 heavy (non-hydrogen) atoms. The molecule has 0 spiro atoms. The van der Waals surface area contributed by atoms with E-state index in [4.69, 9.17) is 4.99 Å². The first-order valence-corrected chi connectivity index (χ1v) is 10.4. The van der Waals surface area contributed by atoms with Crippen LogP contribution in [0.2, 0.25) is 0 Å². The van der Waals surface area contributed by atoms with Crippen molar-refractivity contribution < 1.29 is 0 Å². The van der Waals surface area contributed by atoms with E-state index in [9.17, 15) is 0 Å². The molecule has 160 valence electrons. The highest BCUT2D eigenvalue weighted by atomic mass is 127. The van der Waals surface area contributed by atoms with E-state index >= 15 is 0 Å². The third-order valence-electron chi connectivity index (χ3n) is 5.26. The summed E-state index contributed by atoms with van der Waals surface area (Å²) in [7, 11) is 0. The summed E-state index contributed by atoms with van der Waals surface area (Å²) in [6.07, 6.45) is 3.85. The van der Waals surface area contributed by atoms with E-state index in [0.29, 0.717) is 12.6 Å². The van der Waals surface area contributed by atoms with E-state index in [1.165, 1.54) is 11.3 Å². The Kier molecular flexibility index (Phi) is 7.89. The van der Waals surface area contributed by atoms with Crippen LogP contribution in [0.15, 0.2) is 53.7 Å². The van der Waals surface area contributed by atoms with Crippen LogP contribution in [0.4, 0.5) is 5.69 Å². The van der Waals surface area contributed by atoms with Gasteiger partial charge in [0.25, 0.3) is 0 Å². The molecule has 1 aromatic carbocycles. The number of hydrogen-bond donors (Lipinski definition) is 2. The highest BCUT2D eigenvalue weighted by Gasteiger charge is 2.23. The first kappa shape index (κ1) is 22.3. The van der Waals surface area contributed by atoms with Gasteiger partial charge >= 0.3 is 0 Å². The van der Waals surface area contributed by atoms with Gasteiger partial charge in [0.15, 0.2) is 11.6 Å². The molecule has 3 heterocycles. The largest absolute Gasteiger partial charge is 0.369 e. The van der Waals surface area contributed by atoms with Crippen LogP contribution in [-0.2, 0) is 6.42 Å². The van der Waals surface area contributed by atoms with Gasteiger partial charge in [0.1, 0.15) is 5.82 Å². The molecule has 0 bridgehead atoms. The average Bonchev–Trinajstić information content (AvgIpc) is 3.36. The van der Waals surface area contributed by atoms with E-state index < -0.39 is 0 Å². The fraction of sp³-hybridized carbons (Fsp3) is 0.409. The smallest absolute Gasteiger partial charge is 0.191 e. The van der Waals surface area contributed by atoms with Crippen molar-refractivity contribution in [1.29, 1.82) is 0 Å². The van der Waals surface area contributed by atoms with Gasteiger partial charge in [-0.3, -0.25) is 9.39 Å². The van der Waals surface area contributed by atoms with Crippen LogP contribution < -0.4 is 15.5 Å². The number of halogens is 1. The van der Waals surface area contributed by atoms with Gasteiger partial charge in [0.2, 0.25) is 0 Å². The number of anilines is 1. The molecular formula is C22H30IN7. The van der Waals surface area contributed by atoms with Gasteiger partial charge in [0.05, 0.1) is 0 Å². The van der Waals surface area contributed by atoms with E-state index in [1.54, 1.807) is 0 Å². The van der Waals surface area contributed by atoms with Gasteiger partial charge in [-0.1, -0.05) is 23.8 Å². The van der Waals surface area contributed by atoms with Gasteiger partial charge < -0.3 is 15.5 Å². The fourth-order valence-corrected chi connectivity index (χ4v) is 3.71. The maximum atomic E-state index is 4.76.